The van der Waals surface area contributed by atoms with Crippen LogP contribution in [0.2, 0.25) is 0 Å². The maximum absolute atomic E-state index is 5.16. The molecule has 3 heteroatoms. The smallest absolute Gasteiger partial charge is 0.118 e. The predicted molar refractivity (Wildman–Crippen MR) is 82.7 cm³/mol. The first kappa shape index (κ1) is 13.9. The monoisotopic (exact) mass is 266 g/mol. The third-order valence-corrected chi connectivity index (χ3v) is 2.99. The fourth-order valence-electron chi connectivity index (χ4n) is 1.91. The van der Waals surface area contributed by atoms with Crippen LogP contribution in [-0.4, -0.2) is 16.7 Å². The van der Waals surface area contributed by atoms with Gasteiger partial charge in [0.05, 0.1) is 25.3 Å². The van der Waals surface area contributed by atoms with Gasteiger partial charge in [-0.25, -0.2) is 4.98 Å². The number of hydrogen-bond donors (Lipinski definition) is 0. The van der Waals surface area contributed by atoms with E-state index in [-0.39, 0.29) is 0 Å². The normalized spacial score (nSPS) is 10.7. The summed E-state index contributed by atoms with van der Waals surface area (Å²) in [7, 11) is 1.67. The number of nitrogens with zero attached hydrogens (tertiary/aromatic N) is 2. The van der Waals surface area contributed by atoms with Gasteiger partial charge in [-0.3, -0.25) is 0 Å². The van der Waals surface area contributed by atoms with Crippen molar-refractivity contribution in [2.45, 2.75) is 6.54 Å². The molecular weight excluding hydrogens is 248 g/mol. The number of imidazole rings is 1. The molecule has 0 fully saturated rings. The minimum atomic E-state index is 0.750. The third-order valence-electron chi connectivity index (χ3n) is 2.99. The second-order valence-corrected chi connectivity index (χ2v) is 4.37. The van der Waals surface area contributed by atoms with E-state index in [0.29, 0.717) is 0 Å². The summed E-state index contributed by atoms with van der Waals surface area (Å²) in [5, 5.41) is 0. The Bertz CT molecular complexity index is 621. The Labute approximate surface area is 119 Å². The van der Waals surface area contributed by atoms with Crippen molar-refractivity contribution in [1.82, 2.24) is 9.55 Å². The van der Waals surface area contributed by atoms with E-state index in [1.54, 1.807) is 13.2 Å². The molecule has 0 spiro atoms. The summed E-state index contributed by atoms with van der Waals surface area (Å²) in [6.45, 7) is 8.46. The molecule has 20 heavy (non-hydrogen) atoms. The Hall–Kier alpha value is -2.55. The highest BCUT2D eigenvalue weighted by Crippen LogP contribution is 2.17. The van der Waals surface area contributed by atoms with Gasteiger partial charge >= 0.3 is 0 Å². The first-order chi connectivity index (χ1) is 9.74. The zero-order valence-corrected chi connectivity index (χ0v) is 11.6. The van der Waals surface area contributed by atoms with E-state index in [0.717, 1.165) is 23.6 Å². The number of rotatable bonds is 6. The van der Waals surface area contributed by atoms with Crippen LogP contribution in [0.1, 0.15) is 11.3 Å². The van der Waals surface area contributed by atoms with Gasteiger partial charge in [0.25, 0.3) is 0 Å². The van der Waals surface area contributed by atoms with E-state index in [1.807, 2.05) is 48.9 Å². The number of ether oxygens (including phenoxy) is 1. The minimum Gasteiger partial charge on any atom is -0.497 e. The SMILES string of the molecule is C=C/C=C\C(=C)c1cncn1Cc1ccc(OC)cc1. The summed E-state index contributed by atoms with van der Waals surface area (Å²) < 4.78 is 7.23. The number of methoxy groups -OCH3 is 1. The van der Waals surface area contributed by atoms with Crippen LogP contribution >= 0.6 is 0 Å². The van der Waals surface area contributed by atoms with Crippen molar-refractivity contribution in [3.63, 3.8) is 0 Å². The highest BCUT2D eigenvalue weighted by molar-refractivity contribution is 5.69. The molecule has 0 atom stereocenters. The van der Waals surface area contributed by atoms with E-state index in [9.17, 15) is 0 Å². The Morgan fingerprint density at radius 1 is 1.35 bits per heavy atom. The van der Waals surface area contributed by atoms with Crippen molar-refractivity contribution in [1.29, 1.82) is 0 Å². The van der Waals surface area contributed by atoms with E-state index in [2.05, 4.69) is 22.7 Å². The largest absolute Gasteiger partial charge is 0.497 e. The minimum absolute atomic E-state index is 0.750. The lowest BCUT2D eigenvalue weighted by Crippen LogP contribution is -2.02. The van der Waals surface area contributed by atoms with Gasteiger partial charge in [0, 0.05) is 6.54 Å². The molecule has 0 bridgehead atoms. The molecule has 102 valence electrons. The van der Waals surface area contributed by atoms with Gasteiger partial charge in [0.2, 0.25) is 0 Å². The van der Waals surface area contributed by atoms with Gasteiger partial charge in [0.1, 0.15) is 5.75 Å². The maximum Gasteiger partial charge on any atom is 0.118 e. The fraction of sp³-hybridized carbons (Fsp3) is 0.118. The van der Waals surface area contributed by atoms with E-state index >= 15 is 0 Å². The van der Waals surface area contributed by atoms with Gasteiger partial charge in [-0.1, -0.05) is 43.5 Å². The first-order valence-electron chi connectivity index (χ1n) is 6.36. The number of benzene rings is 1. The predicted octanol–water partition coefficient (Wildman–Crippen LogP) is 3.70. The van der Waals surface area contributed by atoms with E-state index in [1.165, 1.54) is 5.56 Å². The Balaban J connectivity index is 2.17. The molecule has 0 aliphatic rings. The maximum atomic E-state index is 5.16. The average molecular weight is 266 g/mol. The molecule has 2 aromatic rings. The quantitative estimate of drug-likeness (QED) is 0.745. The zero-order valence-electron chi connectivity index (χ0n) is 11.6. The molecule has 0 aliphatic carbocycles. The molecule has 0 aliphatic heterocycles. The molecule has 2 rings (SSSR count). The fourth-order valence-corrected chi connectivity index (χ4v) is 1.91. The van der Waals surface area contributed by atoms with Crippen LogP contribution < -0.4 is 4.74 Å². The van der Waals surface area contributed by atoms with Crippen molar-refractivity contribution >= 4 is 5.57 Å². The molecule has 1 aromatic carbocycles. The lowest BCUT2D eigenvalue weighted by Gasteiger charge is -2.09. The molecule has 0 radical (unpaired) electrons. The van der Waals surface area contributed by atoms with E-state index < -0.39 is 0 Å². The molecule has 3 nitrogen and oxygen atoms in total. The number of allylic oxidation sites excluding steroid dienone is 4. The van der Waals surface area contributed by atoms with Crippen molar-refractivity contribution < 1.29 is 4.74 Å². The van der Waals surface area contributed by atoms with Crippen molar-refractivity contribution in [3.8, 4) is 5.75 Å². The van der Waals surface area contributed by atoms with Crippen molar-refractivity contribution in [2.75, 3.05) is 7.11 Å². The van der Waals surface area contributed by atoms with Gasteiger partial charge < -0.3 is 9.30 Å². The first-order valence-corrected chi connectivity index (χ1v) is 6.36. The second kappa shape index (κ2) is 6.57. The van der Waals surface area contributed by atoms with Crippen LogP contribution in [0, 0.1) is 0 Å². The van der Waals surface area contributed by atoms with Crippen LogP contribution in [0.3, 0.4) is 0 Å². The second-order valence-electron chi connectivity index (χ2n) is 4.37. The third kappa shape index (κ3) is 3.26. The molecule has 1 heterocycles. The van der Waals surface area contributed by atoms with Gasteiger partial charge in [0.15, 0.2) is 0 Å². The summed E-state index contributed by atoms with van der Waals surface area (Å²) >= 11 is 0. The lowest BCUT2D eigenvalue weighted by atomic mass is 10.2. The molecule has 0 saturated carbocycles. The summed E-state index contributed by atoms with van der Waals surface area (Å²) in [4.78, 5) is 4.20. The van der Waals surface area contributed by atoms with Crippen LogP contribution in [0.15, 0.2) is 68.2 Å². The van der Waals surface area contributed by atoms with Crippen molar-refractivity contribution in [2.24, 2.45) is 0 Å². The van der Waals surface area contributed by atoms with Crippen LogP contribution in [-0.2, 0) is 6.54 Å². The zero-order chi connectivity index (χ0) is 14.4. The lowest BCUT2D eigenvalue weighted by molar-refractivity contribution is 0.414. The highest BCUT2D eigenvalue weighted by Gasteiger charge is 2.04. The Kier molecular flexibility index (Phi) is 4.56. The Morgan fingerprint density at radius 3 is 2.75 bits per heavy atom. The molecule has 0 unspecified atom stereocenters. The van der Waals surface area contributed by atoms with Crippen LogP contribution in [0.5, 0.6) is 5.75 Å². The summed E-state index contributed by atoms with van der Waals surface area (Å²) in [6, 6.07) is 8.01. The summed E-state index contributed by atoms with van der Waals surface area (Å²) in [5.74, 6) is 0.859. The van der Waals surface area contributed by atoms with Gasteiger partial charge in [-0.05, 0) is 23.3 Å². The number of aromatic nitrogens is 2. The van der Waals surface area contributed by atoms with Gasteiger partial charge in [-0.2, -0.15) is 0 Å². The highest BCUT2D eigenvalue weighted by atomic mass is 16.5. The standard InChI is InChI=1S/C17H18N2O/c1-4-5-6-14(2)17-11-18-13-19(17)12-15-7-9-16(20-3)10-8-15/h4-11,13H,1-2,12H2,3H3/b6-5-. The van der Waals surface area contributed by atoms with Gasteiger partial charge in [-0.15, -0.1) is 0 Å². The van der Waals surface area contributed by atoms with Crippen LogP contribution in [0.4, 0.5) is 0 Å². The molecular formula is C17H18N2O. The van der Waals surface area contributed by atoms with E-state index in [4.69, 9.17) is 4.74 Å². The summed E-state index contributed by atoms with van der Waals surface area (Å²) in [5.41, 5.74) is 3.10. The molecule has 0 amide bonds. The van der Waals surface area contributed by atoms with Crippen molar-refractivity contribution in [3.05, 3.63) is 79.4 Å². The molecule has 0 N–H and O–H groups in total. The average Bonchev–Trinajstić information content (AvgIpc) is 2.94. The number of hydrogen-bond acceptors (Lipinski definition) is 2. The topological polar surface area (TPSA) is 27.1 Å². The summed E-state index contributed by atoms with van der Waals surface area (Å²) in [6.07, 6.45) is 9.16. The molecule has 1 aromatic heterocycles. The van der Waals surface area contributed by atoms with Crippen LogP contribution in [0.25, 0.3) is 5.57 Å². The molecule has 0 saturated heterocycles. The Morgan fingerprint density at radius 2 is 2.10 bits per heavy atom.